The molecule has 1 N–H and O–H groups in total. The molecule has 7 heteroatoms. The van der Waals surface area contributed by atoms with Gasteiger partial charge >= 0.3 is 6.03 Å². The molecule has 1 aliphatic heterocycles. The van der Waals surface area contributed by atoms with Crippen molar-refractivity contribution in [3.8, 4) is 0 Å². The highest BCUT2D eigenvalue weighted by molar-refractivity contribution is 5.88. The molecule has 24 heavy (non-hydrogen) atoms. The highest BCUT2D eigenvalue weighted by atomic mass is 16.3. The average Bonchev–Trinajstić information content (AvgIpc) is 3.20. The van der Waals surface area contributed by atoms with Gasteiger partial charge in [0, 0.05) is 32.5 Å². The second-order valence-electron chi connectivity index (χ2n) is 5.84. The fourth-order valence-electron chi connectivity index (χ4n) is 2.70. The summed E-state index contributed by atoms with van der Waals surface area (Å²) < 4.78 is 5.35. The van der Waals surface area contributed by atoms with Crippen LogP contribution >= 0.6 is 0 Å². The van der Waals surface area contributed by atoms with Crippen LogP contribution < -0.4 is 5.32 Å². The average molecular weight is 328 g/mol. The molecule has 0 unspecified atom stereocenters. The molecule has 0 spiro atoms. The van der Waals surface area contributed by atoms with Gasteiger partial charge in [-0.05, 0) is 36.2 Å². The summed E-state index contributed by atoms with van der Waals surface area (Å²) in [4.78, 5) is 31.9. The van der Waals surface area contributed by atoms with Crippen molar-refractivity contribution in [2.24, 2.45) is 0 Å². The van der Waals surface area contributed by atoms with Crippen LogP contribution in [-0.2, 0) is 17.9 Å². The van der Waals surface area contributed by atoms with Gasteiger partial charge in [0.1, 0.15) is 11.8 Å². The van der Waals surface area contributed by atoms with E-state index in [-0.39, 0.29) is 11.9 Å². The SMILES string of the molecule is CN1CC[C@@H](NC(=O)N(Cc2ccncc2)Cc2ccco2)C1=O. The van der Waals surface area contributed by atoms with Crippen molar-refractivity contribution in [1.29, 1.82) is 0 Å². The molecule has 1 saturated heterocycles. The maximum atomic E-state index is 12.7. The molecular formula is C17H20N4O3. The van der Waals surface area contributed by atoms with E-state index in [4.69, 9.17) is 4.42 Å². The number of carbonyl (C=O) groups excluding carboxylic acids is 2. The molecule has 3 heterocycles. The quantitative estimate of drug-likeness (QED) is 0.904. The van der Waals surface area contributed by atoms with Gasteiger partial charge in [-0.2, -0.15) is 0 Å². The molecule has 2 aromatic heterocycles. The third-order valence-corrected chi connectivity index (χ3v) is 4.06. The number of amides is 3. The van der Waals surface area contributed by atoms with E-state index in [1.807, 2.05) is 18.2 Å². The minimum Gasteiger partial charge on any atom is -0.467 e. The number of hydrogen-bond donors (Lipinski definition) is 1. The highest BCUT2D eigenvalue weighted by Crippen LogP contribution is 2.13. The summed E-state index contributed by atoms with van der Waals surface area (Å²) in [5.74, 6) is 0.638. The number of nitrogens with zero attached hydrogens (tertiary/aromatic N) is 3. The van der Waals surface area contributed by atoms with Gasteiger partial charge in [0.25, 0.3) is 0 Å². The fraction of sp³-hybridized carbons (Fsp3) is 0.353. The van der Waals surface area contributed by atoms with E-state index in [1.54, 1.807) is 41.6 Å². The third kappa shape index (κ3) is 3.73. The monoisotopic (exact) mass is 328 g/mol. The molecule has 126 valence electrons. The fourth-order valence-corrected chi connectivity index (χ4v) is 2.70. The first-order chi connectivity index (χ1) is 11.6. The van der Waals surface area contributed by atoms with Crippen molar-refractivity contribution in [1.82, 2.24) is 20.1 Å². The van der Waals surface area contributed by atoms with Gasteiger partial charge in [-0.1, -0.05) is 0 Å². The van der Waals surface area contributed by atoms with Gasteiger partial charge < -0.3 is 19.5 Å². The number of carbonyl (C=O) groups is 2. The van der Waals surface area contributed by atoms with Crippen molar-refractivity contribution in [3.05, 3.63) is 54.2 Å². The minimum absolute atomic E-state index is 0.0507. The molecule has 1 atom stereocenters. The Bertz CT molecular complexity index is 687. The van der Waals surface area contributed by atoms with Gasteiger partial charge in [0.15, 0.2) is 0 Å². The molecule has 1 fully saturated rings. The van der Waals surface area contributed by atoms with Crippen LogP contribution in [0.3, 0.4) is 0 Å². The Kier molecular flexibility index (Phi) is 4.79. The number of likely N-dealkylation sites (N-methyl/N-ethyl adjacent to an activating group) is 1. The lowest BCUT2D eigenvalue weighted by atomic mass is 10.2. The van der Waals surface area contributed by atoms with Crippen molar-refractivity contribution in [2.75, 3.05) is 13.6 Å². The molecule has 3 rings (SSSR count). The first kappa shape index (κ1) is 16.0. The molecule has 3 amide bonds. The van der Waals surface area contributed by atoms with Gasteiger partial charge in [0.2, 0.25) is 5.91 Å². The second kappa shape index (κ2) is 7.16. The van der Waals surface area contributed by atoms with E-state index in [0.29, 0.717) is 31.8 Å². The van der Waals surface area contributed by atoms with E-state index in [0.717, 1.165) is 5.56 Å². The summed E-state index contributed by atoms with van der Waals surface area (Å²) in [5.41, 5.74) is 0.960. The van der Waals surface area contributed by atoms with Crippen LogP contribution in [0.2, 0.25) is 0 Å². The topological polar surface area (TPSA) is 78.7 Å². The molecular weight excluding hydrogens is 308 g/mol. The van der Waals surface area contributed by atoms with E-state index in [1.165, 1.54) is 0 Å². The smallest absolute Gasteiger partial charge is 0.318 e. The van der Waals surface area contributed by atoms with E-state index < -0.39 is 6.04 Å². The van der Waals surface area contributed by atoms with Gasteiger partial charge in [-0.25, -0.2) is 4.79 Å². The maximum absolute atomic E-state index is 12.7. The number of furan rings is 1. The second-order valence-corrected chi connectivity index (χ2v) is 5.84. The summed E-state index contributed by atoms with van der Waals surface area (Å²) in [6.45, 7) is 1.40. The van der Waals surface area contributed by atoms with Gasteiger partial charge in [-0.15, -0.1) is 0 Å². The van der Waals surface area contributed by atoms with E-state index in [2.05, 4.69) is 10.3 Å². The van der Waals surface area contributed by atoms with Crippen LogP contribution in [0.4, 0.5) is 4.79 Å². The lowest BCUT2D eigenvalue weighted by Gasteiger charge is -2.24. The number of urea groups is 1. The predicted molar refractivity (Wildman–Crippen MR) is 86.8 cm³/mol. The maximum Gasteiger partial charge on any atom is 0.318 e. The van der Waals surface area contributed by atoms with Crippen molar-refractivity contribution >= 4 is 11.9 Å². The Morgan fingerprint density at radius 3 is 2.79 bits per heavy atom. The van der Waals surface area contributed by atoms with Crippen molar-refractivity contribution in [3.63, 3.8) is 0 Å². The molecule has 0 saturated carbocycles. The molecule has 1 aliphatic rings. The number of hydrogen-bond acceptors (Lipinski definition) is 4. The summed E-state index contributed by atoms with van der Waals surface area (Å²) in [6, 6.07) is 6.58. The third-order valence-electron chi connectivity index (χ3n) is 4.06. The molecule has 0 aromatic carbocycles. The standard InChI is InChI=1S/C17H20N4O3/c1-20-9-6-15(16(20)22)19-17(23)21(12-14-3-2-10-24-14)11-13-4-7-18-8-5-13/h2-5,7-8,10,15H,6,9,11-12H2,1H3,(H,19,23)/t15-/m1/s1. The lowest BCUT2D eigenvalue weighted by Crippen LogP contribution is -2.47. The lowest BCUT2D eigenvalue weighted by molar-refractivity contribution is -0.128. The van der Waals surface area contributed by atoms with Crippen LogP contribution in [0.15, 0.2) is 47.3 Å². The number of aromatic nitrogens is 1. The number of rotatable bonds is 5. The van der Waals surface area contributed by atoms with E-state index in [9.17, 15) is 9.59 Å². The Balaban J connectivity index is 1.70. The zero-order chi connectivity index (χ0) is 16.9. The Labute approximate surface area is 140 Å². The Morgan fingerprint density at radius 2 is 2.17 bits per heavy atom. The summed E-state index contributed by atoms with van der Waals surface area (Å²) in [6.07, 6.45) is 5.58. The van der Waals surface area contributed by atoms with Crippen LogP contribution in [0, 0.1) is 0 Å². The van der Waals surface area contributed by atoms with Crippen LogP contribution in [0.25, 0.3) is 0 Å². The molecule has 0 aliphatic carbocycles. The normalized spacial score (nSPS) is 17.1. The summed E-state index contributed by atoms with van der Waals surface area (Å²) in [7, 11) is 1.74. The molecule has 0 radical (unpaired) electrons. The number of pyridine rings is 1. The van der Waals surface area contributed by atoms with Crippen LogP contribution in [0.1, 0.15) is 17.7 Å². The minimum atomic E-state index is -0.459. The van der Waals surface area contributed by atoms with E-state index >= 15 is 0 Å². The summed E-state index contributed by atoms with van der Waals surface area (Å²) in [5, 5.41) is 2.83. The van der Waals surface area contributed by atoms with Gasteiger partial charge in [-0.3, -0.25) is 9.78 Å². The zero-order valence-corrected chi connectivity index (χ0v) is 13.5. The van der Waals surface area contributed by atoms with Crippen LogP contribution in [-0.4, -0.2) is 46.4 Å². The molecule has 0 bridgehead atoms. The molecule has 2 aromatic rings. The zero-order valence-electron chi connectivity index (χ0n) is 13.5. The largest absolute Gasteiger partial charge is 0.467 e. The predicted octanol–water partition coefficient (Wildman–Crippen LogP) is 1.62. The molecule has 7 nitrogen and oxygen atoms in total. The first-order valence-corrected chi connectivity index (χ1v) is 7.85. The van der Waals surface area contributed by atoms with Gasteiger partial charge in [0.05, 0.1) is 12.8 Å². The number of likely N-dealkylation sites (tertiary alicyclic amines) is 1. The Morgan fingerprint density at radius 1 is 1.38 bits per heavy atom. The number of nitrogens with one attached hydrogen (secondary N) is 1. The van der Waals surface area contributed by atoms with Crippen LogP contribution in [0.5, 0.6) is 0 Å². The highest BCUT2D eigenvalue weighted by Gasteiger charge is 2.31. The van der Waals surface area contributed by atoms with Crippen molar-refractivity contribution in [2.45, 2.75) is 25.6 Å². The first-order valence-electron chi connectivity index (χ1n) is 7.85. The van der Waals surface area contributed by atoms with Crippen molar-refractivity contribution < 1.29 is 14.0 Å². The Hall–Kier alpha value is -2.83. The summed E-state index contributed by atoms with van der Waals surface area (Å²) >= 11 is 0.